The van der Waals surface area contributed by atoms with Crippen molar-refractivity contribution in [1.82, 2.24) is 4.31 Å². The lowest BCUT2D eigenvalue weighted by atomic mass is 10.1. The molecule has 0 spiro atoms. The molecule has 3 rings (SSSR count). The summed E-state index contributed by atoms with van der Waals surface area (Å²) >= 11 is 5.89. The van der Waals surface area contributed by atoms with Gasteiger partial charge in [-0.05, 0) is 76.2 Å². The van der Waals surface area contributed by atoms with Gasteiger partial charge < -0.3 is 4.74 Å². The molecule has 2 aromatic rings. The lowest BCUT2D eigenvalue weighted by Crippen LogP contribution is -2.54. The summed E-state index contributed by atoms with van der Waals surface area (Å²) < 4.78 is 33.0. The van der Waals surface area contributed by atoms with E-state index in [0.29, 0.717) is 5.02 Å². The highest BCUT2D eigenvalue weighted by Gasteiger charge is 2.50. The third-order valence-corrected chi connectivity index (χ3v) is 7.51. The maximum atomic E-state index is 13.5. The van der Waals surface area contributed by atoms with Gasteiger partial charge in [0.2, 0.25) is 15.9 Å². The van der Waals surface area contributed by atoms with Crippen LogP contribution in [-0.4, -0.2) is 48.7 Å². The molecule has 0 bridgehead atoms. The van der Waals surface area contributed by atoms with Crippen LogP contribution < -0.4 is 4.90 Å². The van der Waals surface area contributed by atoms with Crippen LogP contribution in [0.5, 0.6) is 0 Å². The molecule has 0 N–H and O–H groups in total. The number of rotatable bonds is 6. The van der Waals surface area contributed by atoms with Crippen LogP contribution in [0.25, 0.3) is 0 Å². The highest BCUT2D eigenvalue weighted by atomic mass is 35.5. The second-order valence-electron chi connectivity index (χ2n) is 8.48. The Kier molecular flexibility index (Phi) is 6.97. The molecule has 1 aliphatic rings. The minimum atomic E-state index is -4.13. The quantitative estimate of drug-likeness (QED) is 0.450. The van der Waals surface area contributed by atoms with Gasteiger partial charge in [-0.3, -0.25) is 9.59 Å². The summed E-state index contributed by atoms with van der Waals surface area (Å²) in [6.45, 7) is 6.89. The predicted octanol–water partition coefficient (Wildman–Crippen LogP) is 3.64. The van der Waals surface area contributed by atoms with Gasteiger partial charge in [0.1, 0.15) is 6.04 Å². The zero-order valence-electron chi connectivity index (χ0n) is 18.7. The fraction of sp³-hybridized carbons (Fsp3) is 0.348. The van der Waals surface area contributed by atoms with E-state index < -0.39 is 39.4 Å². The Bertz CT molecular complexity index is 1170. The summed E-state index contributed by atoms with van der Waals surface area (Å²) in [5.74, 6) is -1.71. The number of amides is 2. The number of esters is 1. The number of nitrogens with zero attached hydrogens (tertiary/aromatic N) is 2. The normalized spacial score (nSPS) is 17.0. The minimum Gasteiger partial charge on any atom is -0.462 e. The molecule has 10 heteroatoms. The number of hydrogen-bond acceptors (Lipinski definition) is 6. The second kappa shape index (κ2) is 9.24. The summed E-state index contributed by atoms with van der Waals surface area (Å²) in [6, 6.07) is 10.2. The molecular weight excluding hydrogens is 468 g/mol. The predicted molar refractivity (Wildman–Crippen MR) is 124 cm³/mol. The Hall–Kier alpha value is -2.75. The zero-order valence-corrected chi connectivity index (χ0v) is 20.3. The maximum absolute atomic E-state index is 13.5. The van der Waals surface area contributed by atoms with E-state index in [0.717, 1.165) is 9.21 Å². The second-order valence-corrected chi connectivity index (χ2v) is 10.7. The SMILES string of the molecule is CCOC(=O)c1ccc(N2C(=O)CC(N(C(C)(C)C)S(=O)(=O)c3ccc(Cl)cc3)C2=O)cc1. The van der Waals surface area contributed by atoms with Crippen LogP contribution in [0.4, 0.5) is 5.69 Å². The number of imide groups is 1. The summed E-state index contributed by atoms with van der Waals surface area (Å²) in [6.07, 6.45) is -0.303. The third kappa shape index (κ3) is 4.95. The number of carbonyl (C=O) groups is 3. The monoisotopic (exact) mass is 492 g/mol. The van der Waals surface area contributed by atoms with E-state index in [9.17, 15) is 22.8 Å². The number of sulfonamides is 1. The minimum absolute atomic E-state index is 0.0284. The molecule has 0 aromatic heterocycles. The number of halogens is 1. The van der Waals surface area contributed by atoms with Crippen molar-refractivity contribution in [2.75, 3.05) is 11.5 Å². The zero-order chi connectivity index (χ0) is 24.6. The number of carbonyl (C=O) groups excluding carboxylic acids is 3. The molecule has 1 saturated heterocycles. The Labute approximate surface area is 198 Å². The molecule has 1 unspecified atom stereocenters. The molecule has 8 nitrogen and oxygen atoms in total. The molecule has 0 radical (unpaired) electrons. The molecular formula is C23H25ClN2O6S. The van der Waals surface area contributed by atoms with Crippen molar-refractivity contribution in [2.24, 2.45) is 0 Å². The van der Waals surface area contributed by atoms with Gasteiger partial charge >= 0.3 is 5.97 Å². The Balaban J connectivity index is 1.97. The molecule has 1 fully saturated rings. The van der Waals surface area contributed by atoms with Gasteiger partial charge in [0.25, 0.3) is 5.91 Å². The van der Waals surface area contributed by atoms with E-state index >= 15 is 0 Å². The topological polar surface area (TPSA) is 101 Å². The van der Waals surface area contributed by atoms with Crippen LogP contribution >= 0.6 is 11.6 Å². The molecule has 2 amide bonds. The number of benzene rings is 2. The Morgan fingerprint density at radius 3 is 2.18 bits per heavy atom. The molecule has 0 saturated carbocycles. The van der Waals surface area contributed by atoms with Gasteiger partial charge in [0.15, 0.2) is 0 Å². The van der Waals surface area contributed by atoms with Crippen molar-refractivity contribution in [2.45, 2.75) is 50.6 Å². The first-order valence-electron chi connectivity index (χ1n) is 10.3. The van der Waals surface area contributed by atoms with E-state index in [-0.39, 0.29) is 29.2 Å². The lowest BCUT2D eigenvalue weighted by Gasteiger charge is -2.37. The summed E-state index contributed by atoms with van der Waals surface area (Å²) in [7, 11) is -4.13. The van der Waals surface area contributed by atoms with Crippen molar-refractivity contribution in [3.8, 4) is 0 Å². The molecule has 2 aromatic carbocycles. The fourth-order valence-corrected chi connectivity index (χ4v) is 5.80. The van der Waals surface area contributed by atoms with Gasteiger partial charge in [-0.25, -0.2) is 18.1 Å². The van der Waals surface area contributed by atoms with Crippen LogP contribution in [0, 0.1) is 0 Å². The van der Waals surface area contributed by atoms with Crippen molar-refractivity contribution in [3.05, 3.63) is 59.1 Å². The lowest BCUT2D eigenvalue weighted by molar-refractivity contribution is -0.122. The van der Waals surface area contributed by atoms with Gasteiger partial charge in [0.05, 0.1) is 29.2 Å². The molecule has 1 aliphatic heterocycles. The standard InChI is InChI=1S/C23H25ClN2O6S/c1-5-32-22(29)15-6-10-17(11-7-15)25-20(27)14-19(21(25)28)26(23(2,3)4)33(30,31)18-12-8-16(24)9-13-18/h6-13,19H,5,14H2,1-4H3. The average Bonchev–Trinajstić information content (AvgIpc) is 3.01. The molecule has 0 aliphatic carbocycles. The third-order valence-electron chi connectivity index (χ3n) is 5.07. The summed E-state index contributed by atoms with van der Waals surface area (Å²) in [5, 5.41) is 0.376. The van der Waals surface area contributed by atoms with E-state index in [4.69, 9.17) is 16.3 Å². The highest BCUT2D eigenvalue weighted by molar-refractivity contribution is 7.89. The van der Waals surface area contributed by atoms with Gasteiger partial charge in [-0.2, -0.15) is 4.31 Å². The molecule has 176 valence electrons. The summed E-state index contributed by atoms with van der Waals surface area (Å²) in [4.78, 5) is 39.0. The van der Waals surface area contributed by atoms with Crippen molar-refractivity contribution in [1.29, 1.82) is 0 Å². The van der Waals surface area contributed by atoms with E-state index in [1.165, 1.54) is 48.5 Å². The smallest absolute Gasteiger partial charge is 0.338 e. The van der Waals surface area contributed by atoms with Crippen molar-refractivity contribution < 1.29 is 27.5 Å². The molecule has 1 atom stereocenters. The van der Waals surface area contributed by atoms with Crippen LogP contribution in [0.3, 0.4) is 0 Å². The number of hydrogen-bond donors (Lipinski definition) is 0. The molecule has 1 heterocycles. The largest absolute Gasteiger partial charge is 0.462 e. The number of ether oxygens (including phenoxy) is 1. The molecule has 33 heavy (non-hydrogen) atoms. The first kappa shape index (κ1) is 24.9. The fourth-order valence-electron chi connectivity index (χ4n) is 3.75. The van der Waals surface area contributed by atoms with Gasteiger partial charge in [-0.1, -0.05) is 11.6 Å². The maximum Gasteiger partial charge on any atom is 0.338 e. The van der Waals surface area contributed by atoms with Gasteiger partial charge in [-0.15, -0.1) is 0 Å². The Morgan fingerprint density at radius 1 is 1.09 bits per heavy atom. The van der Waals surface area contributed by atoms with Crippen molar-refractivity contribution >= 4 is 45.1 Å². The van der Waals surface area contributed by atoms with Crippen LogP contribution in [0.15, 0.2) is 53.4 Å². The number of anilines is 1. The van der Waals surface area contributed by atoms with Gasteiger partial charge in [0, 0.05) is 10.6 Å². The van der Waals surface area contributed by atoms with Crippen molar-refractivity contribution in [3.63, 3.8) is 0 Å². The van der Waals surface area contributed by atoms with Crippen LogP contribution in [-0.2, 0) is 24.3 Å². The van der Waals surface area contributed by atoms with Crippen LogP contribution in [0.2, 0.25) is 5.02 Å². The van der Waals surface area contributed by atoms with E-state index in [1.807, 2.05) is 0 Å². The highest BCUT2D eigenvalue weighted by Crippen LogP contribution is 2.34. The summed E-state index contributed by atoms with van der Waals surface area (Å²) in [5.41, 5.74) is -0.473. The first-order valence-corrected chi connectivity index (χ1v) is 12.1. The van der Waals surface area contributed by atoms with E-state index in [2.05, 4.69) is 0 Å². The Morgan fingerprint density at radius 2 is 1.67 bits per heavy atom. The average molecular weight is 493 g/mol. The van der Waals surface area contributed by atoms with Crippen LogP contribution in [0.1, 0.15) is 44.5 Å². The van der Waals surface area contributed by atoms with E-state index in [1.54, 1.807) is 27.7 Å². The first-order chi connectivity index (χ1) is 15.4.